The van der Waals surface area contributed by atoms with E-state index in [9.17, 15) is 14.4 Å². The third-order valence-electron chi connectivity index (χ3n) is 9.02. The van der Waals surface area contributed by atoms with Crippen molar-refractivity contribution in [3.05, 3.63) is 89.2 Å². The molecule has 7 rings (SSSR count). The van der Waals surface area contributed by atoms with E-state index in [-0.39, 0.29) is 18.2 Å². The van der Waals surface area contributed by atoms with E-state index in [0.717, 1.165) is 61.8 Å². The molecule has 1 atom stereocenters. The summed E-state index contributed by atoms with van der Waals surface area (Å²) in [5, 5.41) is 3.24. The van der Waals surface area contributed by atoms with Gasteiger partial charge in [0.25, 0.3) is 5.91 Å². The molecule has 12 heteroatoms. The van der Waals surface area contributed by atoms with Crippen LogP contribution in [-0.4, -0.2) is 77.5 Å². The second kappa shape index (κ2) is 14.3. The molecule has 1 unspecified atom stereocenters. The fraction of sp³-hybridized carbons (Fsp3) is 0.316. The molecule has 1 fully saturated rings. The molecule has 0 bridgehead atoms. The molecule has 1 saturated heterocycles. The molecule has 5 heterocycles. The van der Waals surface area contributed by atoms with Crippen LogP contribution in [-0.2, 0) is 27.3 Å². The van der Waals surface area contributed by atoms with Crippen LogP contribution in [0.3, 0.4) is 0 Å². The first-order chi connectivity index (χ1) is 24.2. The Bertz CT molecular complexity index is 2080. The van der Waals surface area contributed by atoms with E-state index in [2.05, 4.69) is 47.6 Å². The van der Waals surface area contributed by atoms with Gasteiger partial charge in [0.05, 0.1) is 16.8 Å². The Morgan fingerprint density at radius 3 is 2.60 bits per heavy atom. The number of amides is 3. The molecule has 2 aromatic carbocycles. The number of piperidine rings is 1. The smallest absolute Gasteiger partial charge is 0.255 e. The molecule has 11 nitrogen and oxygen atoms in total. The summed E-state index contributed by atoms with van der Waals surface area (Å²) in [6.45, 7) is 3.82. The average molecular weight is 691 g/mol. The summed E-state index contributed by atoms with van der Waals surface area (Å²) >= 11 is 1.66. The first-order valence-corrected chi connectivity index (χ1v) is 17.5. The van der Waals surface area contributed by atoms with E-state index < -0.39 is 11.9 Å². The van der Waals surface area contributed by atoms with Crippen molar-refractivity contribution in [3.8, 4) is 27.6 Å². The summed E-state index contributed by atoms with van der Waals surface area (Å²) in [5.74, 6) is 0.653. The van der Waals surface area contributed by atoms with E-state index in [1.54, 1.807) is 23.5 Å². The van der Waals surface area contributed by atoms with E-state index in [4.69, 9.17) is 19.4 Å². The molecule has 2 aliphatic rings. The van der Waals surface area contributed by atoms with Crippen molar-refractivity contribution >= 4 is 45.1 Å². The maximum Gasteiger partial charge on any atom is 0.255 e. The lowest BCUT2D eigenvalue weighted by Crippen LogP contribution is -2.52. The molecule has 3 amide bonds. The second-order valence-electron chi connectivity index (χ2n) is 12.8. The maximum atomic E-state index is 12.9. The number of nitrogens with one attached hydrogen (secondary N) is 1. The van der Waals surface area contributed by atoms with Crippen molar-refractivity contribution in [2.24, 2.45) is 0 Å². The number of aryl methyl sites for hydroxylation is 2. The summed E-state index contributed by atoms with van der Waals surface area (Å²) < 4.78 is 12.9. The Kier molecular flexibility index (Phi) is 9.55. The van der Waals surface area contributed by atoms with Crippen LogP contribution in [0.1, 0.15) is 46.3 Å². The van der Waals surface area contributed by atoms with Crippen molar-refractivity contribution in [2.45, 2.75) is 45.2 Å². The number of thiazole rings is 1. The Balaban J connectivity index is 0.867. The van der Waals surface area contributed by atoms with Crippen molar-refractivity contribution in [3.63, 3.8) is 0 Å². The minimum atomic E-state index is -0.632. The number of rotatable bonds is 12. The van der Waals surface area contributed by atoms with Gasteiger partial charge in [-0.05, 0) is 91.4 Å². The molecule has 0 saturated carbocycles. The predicted octanol–water partition coefficient (Wildman–Crippen LogP) is 5.58. The highest BCUT2D eigenvalue weighted by Gasteiger charge is 2.39. The van der Waals surface area contributed by atoms with E-state index >= 15 is 0 Å². The highest BCUT2D eigenvalue weighted by atomic mass is 32.1. The Morgan fingerprint density at radius 2 is 1.82 bits per heavy atom. The van der Waals surface area contributed by atoms with Crippen LogP contribution >= 0.6 is 11.3 Å². The quantitative estimate of drug-likeness (QED) is 0.132. The highest BCUT2D eigenvalue weighted by molar-refractivity contribution is 7.21. The topological polar surface area (TPSA) is 127 Å². The third kappa shape index (κ3) is 7.08. The van der Waals surface area contributed by atoms with Crippen molar-refractivity contribution < 1.29 is 23.9 Å². The number of carbonyl (C=O) groups is 3. The Labute approximate surface area is 294 Å². The van der Waals surface area contributed by atoms with Crippen LogP contribution in [0.4, 0.5) is 5.82 Å². The third-order valence-corrected chi connectivity index (χ3v) is 10.0. The highest BCUT2D eigenvalue weighted by Crippen LogP contribution is 2.34. The molecule has 3 aromatic heterocycles. The Hall–Kier alpha value is -5.20. The van der Waals surface area contributed by atoms with Gasteiger partial charge in [-0.1, -0.05) is 6.07 Å². The van der Waals surface area contributed by atoms with Crippen molar-refractivity contribution in [1.82, 2.24) is 25.2 Å². The van der Waals surface area contributed by atoms with Gasteiger partial charge in [-0.2, -0.15) is 0 Å². The van der Waals surface area contributed by atoms with Crippen LogP contribution in [0.25, 0.3) is 32.0 Å². The summed E-state index contributed by atoms with van der Waals surface area (Å²) in [5.41, 5.74) is 7.61. The number of benzene rings is 2. The number of pyridine rings is 2. The lowest BCUT2D eigenvalue weighted by Gasteiger charge is -2.29. The fourth-order valence-corrected chi connectivity index (χ4v) is 7.43. The van der Waals surface area contributed by atoms with Gasteiger partial charge >= 0.3 is 0 Å². The zero-order valence-electron chi connectivity index (χ0n) is 28.3. The van der Waals surface area contributed by atoms with Gasteiger partial charge in [0.15, 0.2) is 0 Å². The number of aromatic nitrogens is 3. The van der Waals surface area contributed by atoms with Crippen molar-refractivity contribution in [1.29, 1.82) is 0 Å². The summed E-state index contributed by atoms with van der Waals surface area (Å²) in [7, 11) is 3.95. The standard InChI is InChI=1S/C38H38N6O5S/c1-23-17-26(25-7-12-33(39-20-25)43(2)3)21-40-35(23)37-41-30-10-6-24(18-32(30)50-37)5-4-14-48-15-16-49-28-8-9-29-27(19-28)22-44(38(29)47)31-11-13-34(45)42-36(31)46/h6-10,12,17-21,31H,4-5,11,13-16,22H2,1-3H3,(H,42,45,46). The summed E-state index contributed by atoms with van der Waals surface area (Å²) in [4.78, 5) is 54.4. The van der Waals surface area contributed by atoms with Gasteiger partial charge in [-0.15, -0.1) is 11.3 Å². The number of nitrogens with zero attached hydrogens (tertiary/aromatic N) is 5. The molecular weight excluding hydrogens is 653 g/mol. The first-order valence-electron chi connectivity index (χ1n) is 16.7. The van der Waals surface area contributed by atoms with Gasteiger partial charge in [0, 0.05) is 62.8 Å². The van der Waals surface area contributed by atoms with Crippen LogP contribution < -0.4 is 15.0 Å². The van der Waals surface area contributed by atoms with E-state index in [1.807, 2.05) is 43.5 Å². The van der Waals surface area contributed by atoms with Crippen LogP contribution in [0, 0.1) is 6.92 Å². The number of hydrogen-bond donors (Lipinski definition) is 1. The number of carbonyl (C=O) groups excluding carboxylic acids is 3. The maximum absolute atomic E-state index is 12.9. The lowest BCUT2D eigenvalue weighted by molar-refractivity contribution is -0.136. The molecule has 1 N–H and O–H groups in total. The number of fused-ring (bicyclic) bond motifs is 2. The van der Waals surface area contributed by atoms with Gasteiger partial charge in [0.2, 0.25) is 11.8 Å². The van der Waals surface area contributed by atoms with Gasteiger partial charge in [0.1, 0.15) is 34.9 Å². The molecule has 0 radical (unpaired) electrons. The largest absolute Gasteiger partial charge is 0.491 e. The Morgan fingerprint density at radius 1 is 0.960 bits per heavy atom. The number of ether oxygens (including phenoxy) is 2. The number of hydrogen-bond acceptors (Lipinski definition) is 10. The molecule has 2 aliphatic heterocycles. The number of imide groups is 1. The second-order valence-corrected chi connectivity index (χ2v) is 13.8. The van der Waals surface area contributed by atoms with Crippen LogP contribution in [0.2, 0.25) is 0 Å². The summed E-state index contributed by atoms with van der Waals surface area (Å²) in [6, 6.07) is 17.3. The molecular formula is C38H38N6O5S. The minimum Gasteiger partial charge on any atom is -0.491 e. The van der Waals surface area contributed by atoms with Crippen LogP contribution in [0.15, 0.2) is 67.0 Å². The summed E-state index contributed by atoms with van der Waals surface area (Å²) in [6.07, 6.45) is 6.11. The molecule has 50 heavy (non-hydrogen) atoms. The van der Waals surface area contributed by atoms with Crippen LogP contribution in [0.5, 0.6) is 5.75 Å². The monoisotopic (exact) mass is 690 g/mol. The molecule has 0 aliphatic carbocycles. The first kappa shape index (κ1) is 33.3. The van der Waals surface area contributed by atoms with E-state index in [1.165, 1.54) is 10.5 Å². The van der Waals surface area contributed by atoms with Gasteiger partial charge in [-0.3, -0.25) is 24.7 Å². The zero-order valence-corrected chi connectivity index (χ0v) is 29.1. The van der Waals surface area contributed by atoms with Gasteiger partial charge < -0.3 is 19.3 Å². The average Bonchev–Trinajstić information content (AvgIpc) is 3.67. The predicted molar refractivity (Wildman–Crippen MR) is 192 cm³/mol. The molecule has 5 aromatic rings. The normalized spacial score (nSPS) is 15.8. The van der Waals surface area contributed by atoms with E-state index in [0.29, 0.717) is 44.1 Å². The zero-order chi connectivity index (χ0) is 34.8. The van der Waals surface area contributed by atoms with Gasteiger partial charge in [-0.25, -0.2) is 9.97 Å². The minimum absolute atomic E-state index is 0.197. The number of anilines is 1. The molecule has 0 spiro atoms. The van der Waals surface area contributed by atoms with Crippen molar-refractivity contribution in [2.75, 3.05) is 38.8 Å². The fourth-order valence-electron chi connectivity index (χ4n) is 6.34. The molecule has 256 valence electrons. The SMILES string of the molecule is Cc1cc(-c2ccc(N(C)C)nc2)cnc1-c1nc2ccc(CCCOCCOc3ccc4c(c3)CN(C3CCC(=O)NC3=O)C4=O)cc2s1. The lowest BCUT2D eigenvalue weighted by atomic mass is 10.0.